The molecule has 0 aliphatic heterocycles. The molecule has 2 rings (SSSR count). The van der Waals surface area contributed by atoms with E-state index in [1.165, 1.54) is 25.3 Å². The van der Waals surface area contributed by atoms with Gasteiger partial charge in [0.05, 0.1) is 19.2 Å². The molecule has 2 N–H and O–H groups in total. The van der Waals surface area contributed by atoms with E-state index in [9.17, 15) is 18.7 Å². The monoisotopic (exact) mass is 369 g/mol. The SMILES string of the molecule is COc1ccccc1C(F)(F)CNC(=O)[C@@]1(O)CC(C)CCC1C(C)C. The average Bonchev–Trinajstić information content (AvgIpc) is 2.59. The third-order valence-corrected chi connectivity index (χ3v) is 5.41. The Balaban J connectivity index is 2.15. The number of aliphatic hydroxyl groups is 1. The van der Waals surface area contributed by atoms with Crippen molar-refractivity contribution in [1.82, 2.24) is 5.32 Å². The Morgan fingerprint density at radius 3 is 2.65 bits per heavy atom. The van der Waals surface area contributed by atoms with Crippen LogP contribution in [0.25, 0.3) is 0 Å². The van der Waals surface area contributed by atoms with Gasteiger partial charge in [-0.2, -0.15) is 8.78 Å². The van der Waals surface area contributed by atoms with Crippen LogP contribution in [0.4, 0.5) is 8.78 Å². The minimum absolute atomic E-state index is 0.0665. The van der Waals surface area contributed by atoms with E-state index in [4.69, 9.17) is 4.74 Å². The molecule has 1 aromatic rings. The predicted octanol–water partition coefficient (Wildman–Crippen LogP) is 3.73. The molecular weight excluding hydrogens is 340 g/mol. The number of carbonyl (C=O) groups excluding carboxylic acids is 1. The fourth-order valence-electron chi connectivity index (χ4n) is 4.02. The van der Waals surface area contributed by atoms with Crippen LogP contribution in [0.2, 0.25) is 0 Å². The zero-order chi connectivity index (χ0) is 19.5. The molecule has 4 nitrogen and oxygen atoms in total. The number of para-hydroxylation sites is 1. The molecule has 146 valence electrons. The highest BCUT2D eigenvalue weighted by molar-refractivity contribution is 5.85. The topological polar surface area (TPSA) is 58.6 Å². The molecule has 1 amide bonds. The predicted molar refractivity (Wildman–Crippen MR) is 96.2 cm³/mol. The maximum atomic E-state index is 14.6. The van der Waals surface area contributed by atoms with Crippen molar-refractivity contribution < 1.29 is 23.4 Å². The second kappa shape index (κ2) is 7.91. The molecular formula is C20H29F2NO3. The maximum Gasteiger partial charge on any atom is 0.293 e. The molecule has 1 aromatic carbocycles. The van der Waals surface area contributed by atoms with E-state index in [1.807, 2.05) is 20.8 Å². The van der Waals surface area contributed by atoms with Crippen molar-refractivity contribution in [1.29, 1.82) is 0 Å². The number of alkyl halides is 2. The minimum Gasteiger partial charge on any atom is -0.496 e. The van der Waals surface area contributed by atoms with E-state index < -0.39 is 24.0 Å². The van der Waals surface area contributed by atoms with E-state index >= 15 is 0 Å². The fourth-order valence-corrected chi connectivity index (χ4v) is 4.02. The molecule has 1 saturated carbocycles. The summed E-state index contributed by atoms with van der Waals surface area (Å²) in [6, 6.07) is 5.84. The lowest BCUT2D eigenvalue weighted by atomic mass is 9.66. The van der Waals surface area contributed by atoms with Crippen LogP contribution in [-0.2, 0) is 10.7 Å². The van der Waals surface area contributed by atoms with Gasteiger partial charge in [-0.05, 0) is 42.7 Å². The Morgan fingerprint density at radius 2 is 2.04 bits per heavy atom. The van der Waals surface area contributed by atoms with Crippen molar-refractivity contribution in [2.75, 3.05) is 13.7 Å². The molecule has 0 radical (unpaired) electrons. The summed E-state index contributed by atoms with van der Waals surface area (Å²) in [6.45, 7) is 4.98. The lowest BCUT2D eigenvalue weighted by Gasteiger charge is -2.43. The van der Waals surface area contributed by atoms with Gasteiger partial charge < -0.3 is 15.2 Å². The molecule has 3 atom stereocenters. The zero-order valence-corrected chi connectivity index (χ0v) is 15.9. The number of hydrogen-bond donors (Lipinski definition) is 2. The van der Waals surface area contributed by atoms with Gasteiger partial charge >= 0.3 is 0 Å². The van der Waals surface area contributed by atoms with Crippen LogP contribution in [0.3, 0.4) is 0 Å². The number of amides is 1. The summed E-state index contributed by atoms with van der Waals surface area (Å²) >= 11 is 0. The number of rotatable bonds is 6. The molecule has 2 unspecified atom stereocenters. The van der Waals surface area contributed by atoms with Gasteiger partial charge in [-0.25, -0.2) is 0 Å². The smallest absolute Gasteiger partial charge is 0.293 e. The van der Waals surface area contributed by atoms with Crippen LogP contribution >= 0.6 is 0 Å². The van der Waals surface area contributed by atoms with Crippen molar-refractivity contribution in [3.63, 3.8) is 0 Å². The first-order valence-electron chi connectivity index (χ1n) is 9.13. The van der Waals surface area contributed by atoms with Gasteiger partial charge in [0.2, 0.25) is 0 Å². The molecule has 0 saturated heterocycles. The van der Waals surface area contributed by atoms with Crippen LogP contribution in [0.1, 0.15) is 45.6 Å². The number of benzene rings is 1. The van der Waals surface area contributed by atoms with Crippen molar-refractivity contribution >= 4 is 5.91 Å². The highest BCUT2D eigenvalue weighted by Gasteiger charge is 2.49. The molecule has 6 heteroatoms. The minimum atomic E-state index is -3.30. The molecule has 0 heterocycles. The number of hydrogen-bond acceptors (Lipinski definition) is 3. The van der Waals surface area contributed by atoms with Crippen molar-refractivity contribution in [3.8, 4) is 5.75 Å². The number of methoxy groups -OCH3 is 1. The first-order chi connectivity index (χ1) is 12.1. The van der Waals surface area contributed by atoms with Crippen LogP contribution in [0, 0.1) is 17.8 Å². The van der Waals surface area contributed by atoms with Crippen molar-refractivity contribution in [3.05, 3.63) is 29.8 Å². The van der Waals surface area contributed by atoms with Gasteiger partial charge in [-0.1, -0.05) is 39.3 Å². The van der Waals surface area contributed by atoms with Crippen molar-refractivity contribution in [2.45, 2.75) is 51.6 Å². The highest BCUT2D eigenvalue weighted by Crippen LogP contribution is 2.41. The largest absolute Gasteiger partial charge is 0.496 e. The standard InChI is InChI=1S/C20H29F2NO3/c1-13(2)15-10-9-14(3)11-19(15,25)18(24)23-12-20(21,22)16-7-5-6-8-17(16)26-4/h5-8,13-15,25H,9-12H2,1-4H3,(H,23,24)/t14?,15?,19-/m1/s1. The molecule has 1 aliphatic carbocycles. The summed E-state index contributed by atoms with van der Waals surface area (Å²) in [7, 11) is 1.33. The Bertz CT molecular complexity index is 635. The Labute approximate surface area is 153 Å². The van der Waals surface area contributed by atoms with E-state index in [1.54, 1.807) is 6.07 Å². The summed E-state index contributed by atoms with van der Waals surface area (Å²) in [5.74, 6) is -3.91. The van der Waals surface area contributed by atoms with E-state index in [-0.39, 0.29) is 29.1 Å². The molecule has 1 aliphatic rings. The average molecular weight is 369 g/mol. The molecule has 0 spiro atoms. The van der Waals surface area contributed by atoms with E-state index in [2.05, 4.69) is 5.32 Å². The Hall–Kier alpha value is -1.69. The quantitative estimate of drug-likeness (QED) is 0.803. The van der Waals surface area contributed by atoms with Gasteiger partial charge in [-0.15, -0.1) is 0 Å². The van der Waals surface area contributed by atoms with Gasteiger partial charge in [0, 0.05) is 0 Å². The van der Waals surface area contributed by atoms with Gasteiger partial charge in [0.15, 0.2) is 0 Å². The number of carbonyl (C=O) groups is 1. The van der Waals surface area contributed by atoms with E-state index in [0.717, 1.165) is 6.42 Å². The number of halogens is 2. The van der Waals surface area contributed by atoms with Crippen LogP contribution in [0.5, 0.6) is 5.75 Å². The Kier molecular flexibility index (Phi) is 6.27. The lowest BCUT2D eigenvalue weighted by molar-refractivity contribution is -0.157. The van der Waals surface area contributed by atoms with Gasteiger partial charge in [-0.3, -0.25) is 4.79 Å². The maximum absolute atomic E-state index is 14.6. The summed E-state index contributed by atoms with van der Waals surface area (Å²) in [5.41, 5.74) is -1.89. The third-order valence-electron chi connectivity index (χ3n) is 5.41. The molecule has 0 aromatic heterocycles. The molecule has 26 heavy (non-hydrogen) atoms. The van der Waals surface area contributed by atoms with Gasteiger partial charge in [0.1, 0.15) is 11.4 Å². The fraction of sp³-hybridized carbons (Fsp3) is 0.650. The normalized spacial score (nSPS) is 26.6. The van der Waals surface area contributed by atoms with Crippen LogP contribution in [-0.4, -0.2) is 30.3 Å². The third kappa shape index (κ3) is 4.17. The van der Waals surface area contributed by atoms with Gasteiger partial charge in [0.25, 0.3) is 11.8 Å². The summed E-state index contributed by atoms with van der Waals surface area (Å²) < 4.78 is 34.2. The van der Waals surface area contributed by atoms with Crippen LogP contribution in [0.15, 0.2) is 24.3 Å². The zero-order valence-electron chi connectivity index (χ0n) is 15.9. The van der Waals surface area contributed by atoms with E-state index in [0.29, 0.717) is 12.8 Å². The number of ether oxygens (including phenoxy) is 1. The second-order valence-corrected chi connectivity index (χ2v) is 7.75. The Morgan fingerprint density at radius 1 is 1.38 bits per heavy atom. The summed E-state index contributed by atoms with van der Waals surface area (Å²) in [4.78, 5) is 12.7. The van der Waals surface area contributed by atoms with Crippen LogP contribution < -0.4 is 10.1 Å². The first-order valence-corrected chi connectivity index (χ1v) is 9.13. The van der Waals surface area contributed by atoms with Crippen molar-refractivity contribution in [2.24, 2.45) is 17.8 Å². The first kappa shape index (κ1) is 20.6. The molecule has 1 fully saturated rings. The summed E-state index contributed by atoms with van der Waals surface area (Å²) in [6.07, 6.45) is 1.93. The lowest BCUT2D eigenvalue weighted by Crippen LogP contribution is -2.57. The number of nitrogens with one attached hydrogen (secondary N) is 1. The second-order valence-electron chi connectivity index (χ2n) is 7.75. The highest BCUT2D eigenvalue weighted by atomic mass is 19.3. The summed E-state index contributed by atoms with van der Waals surface area (Å²) in [5, 5.41) is 13.3. The molecule has 0 bridgehead atoms.